The van der Waals surface area contributed by atoms with E-state index in [9.17, 15) is 0 Å². The fraction of sp³-hybridized carbons (Fsp3) is 0.385. The molecule has 0 aliphatic heterocycles. The maximum atomic E-state index is 5.66. The van der Waals surface area contributed by atoms with Gasteiger partial charge in [0.15, 0.2) is 5.82 Å². The summed E-state index contributed by atoms with van der Waals surface area (Å²) < 4.78 is 5.66. The second-order valence-electron chi connectivity index (χ2n) is 4.43. The second kappa shape index (κ2) is 6.16. The maximum Gasteiger partial charge on any atom is 0.165 e. The van der Waals surface area contributed by atoms with Gasteiger partial charge in [0.05, 0.1) is 26.0 Å². The van der Waals surface area contributed by atoms with Crippen LogP contribution in [0.3, 0.4) is 0 Å². The van der Waals surface area contributed by atoms with Gasteiger partial charge in [-0.15, -0.1) is 5.10 Å². The third kappa shape index (κ3) is 3.85. The van der Waals surface area contributed by atoms with E-state index < -0.39 is 0 Å². The average molecular weight is 246 g/mol. The first kappa shape index (κ1) is 12.6. The van der Waals surface area contributed by atoms with E-state index in [1.165, 1.54) is 5.56 Å². The predicted octanol–water partition coefficient (Wildman–Crippen LogP) is 1.71. The Bertz CT molecular complexity index is 469. The predicted molar refractivity (Wildman–Crippen MR) is 69.7 cm³/mol. The van der Waals surface area contributed by atoms with Gasteiger partial charge < -0.3 is 10.5 Å². The molecule has 2 N–H and O–H groups in total. The van der Waals surface area contributed by atoms with Crippen LogP contribution in [0.25, 0.3) is 0 Å². The standard InChI is InChI=1S/C13H18N4O/c1-11(8-17-15-7-13(14)16-17)9-18-10-12-5-3-2-4-6-12/h2-7,11H,8-10H2,1H3,(H2,14,16). The highest BCUT2D eigenvalue weighted by Crippen LogP contribution is 2.05. The summed E-state index contributed by atoms with van der Waals surface area (Å²) in [5.74, 6) is 0.799. The van der Waals surface area contributed by atoms with Crippen molar-refractivity contribution in [3.05, 3.63) is 42.1 Å². The monoisotopic (exact) mass is 246 g/mol. The minimum absolute atomic E-state index is 0.348. The molecule has 5 nitrogen and oxygen atoms in total. The lowest BCUT2D eigenvalue weighted by atomic mass is 10.2. The number of ether oxygens (including phenoxy) is 1. The summed E-state index contributed by atoms with van der Waals surface area (Å²) in [7, 11) is 0. The van der Waals surface area contributed by atoms with Crippen molar-refractivity contribution in [1.82, 2.24) is 15.0 Å². The molecule has 0 aliphatic rings. The SMILES string of the molecule is CC(COCc1ccccc1)Cn1ncc(N)n1. The molecule has 0 fully saturated rings. The largest absolute Gasteiger partial charge is 0.381 e. The Hall–Kier alpha value is -1.88. The van der Waals surface area contributed by atoms with Crippen LogP contribution in [-0.2, 0) is 17.9 Å². The molecule has 1 aromatic heterocycles. The number of hydrogen-bond acceptors (Lipinski definition) is 4. The number of anilines is 1. The first-order valence-electron chi connectivity index (χ1n) is 6.01. The van der Waals surface area contributed by atoms with Gasteiger partial charge in [-0.25, -0.2) is 0 Å². The summed E-state index contributed by atoms with van der Waals surface area (Å²) in [6.45, 7) is 4.13. The molecule has 0 radical (unpaired) electrons. The Morgan fingerprint density at radius 1 is 1.33 bits per heavy atom. The summed E-state index contributed by atoms with van der Waals surface area (Å²) in [4.78, 5) is 1.60. The Kier molecular flexibility index (Phi) is 4.30. The van der Waals surface area contributed by atoms with E-state index >= 15 is 0 Å². The first-order chi connectivity index (χ1) is 8.74. The zero-order valence-electron chi connectivity index (χ0n) is 10.5. The smallest absolute Gasteiger partial charge is 0.165 e. The molecule has 5 heteroatoms. The van der Waals surface area contributed by atoms with Gasteiger partial charge in [-0.05, 0) is 5.56 Å². The van der Waals surface area contributed by atoms with Gasteiger partial charge in [0.2, 0.25) is 0 Å². The average Bonchev–Trinajstić information content (AvgIpc) is 2.76. The lowest BCUT2D eigenvalue weighted by Crippen LogP contribution is -2.15. The number of benzene rings is 1. The van der Waals surface area contributed by atoms with Gasteiger partial charge in [0.25, 0.3) is 0 Å². The lowest BCUT2D eigenvalue weighted by molar-refractivity contribution is 0.0842. The van der Waals surface area contributed by atoms with Gasteiger partial charge in [0, 0.05) is 5.92 Å². The molecule has 0 saturated carbocycles. The zero-order valence-corrected chi connectivity index (χ0v) is 10.5. The molecule has 2 rings (SSSR count). The molecule has 18 heavy (non-hydrogen) atoms. The van der Waals surface area contributed by atoms with Crippen molar-refractivity contribution in [3.63, 3.8) is 0 Å². The molecule has 0 saturated heterocycles. The van der Waals surface area contributed by atoms with Crippen LogP contribution in [-0.4, -0.2) is 21.6 Å². The van der Waals surface area contributed by atoms with E-state index in [1.807, 2.05) is 18.2 Å². The molecule has 2 aromatic rings. The normalized spacial score (nSPS) is 12.5. The summed E-state index contributed by atoms with van der Waals surface area (Å²) in [6, 6.07) is 10.1. The summed E-state index contributed by atoms with van der Waals surface area (Å²) in [6.07, 6.45) is 1.55. The van der Waals surface area contributed by atoms with Crippen LogP contribution in [0.2, 0.25) is 0 Å². The molecule has 1 unspecified atom stereocenters. The number of nitrogens with two attached hydrogens (primary N) is 1. The maximum absolute atomic E-state index is 5.66. The number of rotatable bonds is 6. The Morgan fingerprint density at radius 2 is 2.11 bits per heavy atom. The van der Waals surface area contributed by atoms with Crippen molar-refractivity contribution in [1.29, 1.82) is 0 Å². The highest BCUT2D eigenvalue weighted by atomic mass is 16.5. The van der Waals surface area contributed by atoms with E-state index in [4.69, 9.17) is 10.5 Å². The van der Waals surface area contributed by atoms with Crippen molar-refractivity contribution < 1.29 is 4.74 Å². The molecule has 1 aromatic carbocycles. The minimum Gasteiger partial charge on any atom is -0.381 e. The topological polar surface area (TPSA) is 66.0 Å². The fourth-order valence-corrected chi connectivity index (χ4v) is 1.68. The second-order valence-corrected chi connectivity index (χ2v) is 4.43. The third-order valence-corrected chi connectivity index (χ3v) is 2.54. The van der Waals surface area contributed by atoms with Gasteiger partial charge in [-0.3, -0.25) is 0 Å². The molecule has 96 valence electrons. The summed E-state index contributed by atoms with van der Waals surface area (Å²) in [5, 5.41) is 8.09. The van der Waals surface area contributed by atoms with E-state index in [0.717, 1.165) is 0 Å². The lowest BCUT2D eigenvalue weighted by Gasteiger charge is -2.11. The molecule has 0 amide bonds. The highest BCUT2D eigenvalue weighted by molar-refractivity contribution is 5.19. The number of nitrogen functional groups attached to an aromatic ring is 1. The van der Waals surface area contributed by atoms with Crippen LogP contribution in [0, 0.1) is 5.92 Å². The van der Waals surface area contributed by atoms with Crippen LogP contribution in [0.15, 0.2) is 36.5 Å². The molecule has 1 heterocycles. The van der Waals surface area contributed by atoms with Crippen LogP contribution in [0.4, 0.5) is 5.82 Å². The van der Waals surface area contributed by atoms with E-state index in [0.29, 0.717) is 31.5 Å². The Labute approximate surface area is 107 Å². The van der Waals surface area contributed by atoms with Gasteiger partial charge in [-0.2, -0.15) is 9.90 Å². The minimum atomic E-state index is 0.348. The van der Waals surface area contributed by atoms with Gasteiger partial charge >= 0.3 is 0 Å². The van der Waals surface area contributed by atoms with Crippen LogP contribution in [0.1, 0.15) is 12.5 Å². The van der Waals surface area contributed by atoms with Crippen LogP contribution < -0.4 is 5.73 Å². The van der Waals surface area contributed by atoms with Crippen LogP contribution >= 0.6 is 0 Å². The van der Waals surface area contributed by atoms with Gasteiger partial charge in [0.1, 0.15) is 0 Å². The Balaban J connectivity index is 1.70. The van der Waals surface area contributed by atoms with Crippen molar-refractivity contribution in [2.45, 2.75) is 20.1 Å². The van der Waals surface area contributed by atoms with Crippen molar-refractivity contribution in [2.75, 3.05) is 12.3 Å². The zero-order chi connectivity index (χ0) is 12.8. The van der Waals surface area contributed by atoms with Crippen LogP contribution in [0.5, 0.6) is 0 Å². The molecule has 0 spiro atoms. The number of nitrogens with zero attached hydrogens (tertiary/aromatic N) is 3. The van der Waals surface area contributed by atoms with Gasteiger partial charge in [-0.1, -0.05) is 37.3 Å². The first-order valence-corrected chi connectivity index (χ1v) is 6.01. The van der Waals surface area contributed by atoms with E-state index in [-0.39, 0.29) is 0 Å². The Morgan fingerprint density at radius 3 is 2.78 bits per heavy atom. The van der Waals surface area contributed by atoms with E-state index in [2.05, 4.69) is 29.3 Å². The molecule has 0 bridgehead atoms. The third-order valence-electron chi connectivity index (χ3n) is 2.54. The highest BCUT2D eigenvalue weighted by Gasteiger charge is 2.05. The molecular weight excluding hydrogens is 228 g/mol. The van der Waals surface area contributed by atoms with Crippen molar-refractivity contribution in [2.24, 2.45) is 5.92 Å². The van der Waals surface area contributed by atoms with Crippen molar-refractivity contribution in [3.8, 4) is 0 Å². The fourth-order valence-electron chi connectivity index (χ4n) is 1.68. The van der Waals surface area contributed by atoms with Crippen molar-refractivity contribution >= 4 is 5.82 Å². The molecule has 0 aliphatic carbocycles. The summed E-state index contributed by atoms with van der Waals surface area (Å²) in [5.41, 5.74) is 6.69. The number of hydrogen-bond donors (Lipinski definition) is 1. The number of aromatic nitrogens is 3. The van der Waals surface area contributed by atoms with E-state index in [1.54, 1.807) is 11.0 Å². The molecule has 1 atom stereocenters. The summed E-state index contributed by atoms with van der Waals surface area (Å²) >= 11 is 0. The quantitative estimate of drug-likeness (QED) is 0.842. The molecular formula is C13H18N4O.